The van der Waals surface area contributed by atoms with Crippen LogP contribution in [0.1, 0.15) is 6.92 Å². The van der Waals surface area contributed by atoms with Gasteiger partial charge in [0.15, 0.2) is 0 Å². The van der Waals surface area contributed by atoms with Gasteiger partial charge in [0.2, 0.25) is 0 Å². The minimum Gasteiger partial charge on any atom is -0.503 e. The normalized spacial score (nSPS) is 9.50. The lowest BCUT2D eigenvalue weighted by molar-refractivity contribution is 0.270. The Morgan fingerprint density at radius 1 is 1.83 bits per heavy atom. The fourth-order valence-electron chi connectivity index (χ4n) is 0.152. The van der Waals surface area contributed by atoms with Gasteiger partial charge in [-0.25, -0.2) is 0 Å². The summed E-state index contributed by atoms with van der Waals surface area (Å²) >= 11 is 0. The third-order valence-corrected chi connectivity index (χ3v) is 0.341. The van der Waals surface area contributed by atoms with Crippen LogP contribution in [-0.2, 0) is 4.74 Å². The Bertz CT molecular complexity index is 42.8. The van der Waals surface area contributed by atoms with Crippen LogP contribution in [-0.4, -0.2) is 14.5 Å². The summed E-state index contributed by atoms with van der Waals surface area (Å²) in [5.74, 6) is 1.36. The minimum atomic E-state index is 0.688. The highest BCUT2D eigenvalue weighted by atomic mass is 16.5. The molecule has 0 saturated carbocycles. The van der Waals surface area contributed by atoms with E-state index in [0.717, 1.165) is 0 Å². The Morgan fingerprint density at radius 3 is 2.67 bits per heavy atom. The van der Waals surface area contributed by atoms with Crippen LogP contribution in [0.15, 0.2) is 12.2 Å². The second-order valence-corrected chi connectivity index (χ2v) is 0.784. The molecule has 0 aromatic carbocycles. The number of hydrogen-bond acceptors (Lipinski definition) is 1. The van der Waals surface area contributed by atoms with Crippen molar-refractivity contribution in [3.63, 3.8) is 0 Å². The summed E-state index contributed by atoms with van der Waals surface area (Å²) in [4.78, 5) is 0. The number of ether oxygens (including phenoxy) is 1. The molecule has 0 bridgehead atoms. The van der Waals surface area contributed by atoms with Gasteiger partial charge in [-0.2, -0.15) is 0 Å². The monoisotopic (exact) mass is 82.1 g/mol. The van der Waals surface area contributed by atoms with Crippen LogP contribution in [0.3, 0.4) is 0 Å². The predicted molar refractivity (Wildman–Crippen MR) is 26.5 cm³/mol. The zero-order valence-electron chi connectivity index (χ0n) is 3.85. The zero-order chi connectivity index (χ0) is 4.83. The molecule has 0 atom stereocenters. The van der Waals surface area contributed by atoms with Crippen molar-refractivity contribution in [1.82, 2.24) is 0 Å². The maximum Gasteiger partial charge on any atom is 0.107 e. The molecule has 6 heavy (non-hydrogen) atoms. The molecular formula is C4H7BO. The first-order chi connectivity index (χ1) is 2.91. The lowest BCUT2D eigenvalue weighted by Gasteiger charge is -1.86. The zero-order valence-corrected chi connectivity index (χ0v) is 3.85. The molecule has 32 valence electrons. The summed E-state index contributed by atoms with van der Waals surface area (Å²) in [7, 11) is 4.91. The molecule has 0 N–H and O–H groups in total. The fourth-order valence-corrected chi connectivity index (χ4v) is 0.152. The molecule has 0 fully saturated rings. The van der Waals surface area contributed by atoms with Crippen molar-refractivity contribution in [2.45, 2.75) is 6.92 Å². The minimum absolute atomic E-state index is 0.688. The summed E-state index contributed by atoms with van der Waals surface area (Å²) in [5, 5.41) is 0. The molecule has 0 heterocycles. The van der Waals surface area contributed by atoms with Gasteiger partial charge in [-0.15, -0.1) is 0 Å². The predicted octanol–water partition coefficient (Wildman–Crippen LogP) is 0.663. The molecule has 0 spiro atoms. The van der Waals surface area contributed by atoms with Gasteiger partial charge in [-0.05, 0) is 6.92 Å². The van der Waals surface area contributed by atoms with Gasteiger partial charge in [0.1, 0.15) is 7.85 Å². The molecule has 2 heteroatoms. The smallest absolute Gasteiger partial charge is 0.107 e. The first-order valence-electron chi connectivity index (χ1n) is 1.90. The van der Waals surface area contributed by atoms with Crippen molar-refractivity contribution in [2.24, 2.45) is 0 Å². The van der Waals surface area contributed by atoms with Crippen LogP contribution >= 0.6 is 0 Å². The van der Waals surface area contributed by atoms with Crippen LogP contribution in [0.4, 0.5) is 0 Å². The Morgan fingerprint density at radius 2 is 2.50 bits per heavy atom. The highest BCUT2D eigenvalue weighted by Gasteiger charge is 1.59. The Labute approximate surface area is 39.4 Å². The van der Waals surface area contributed by atoms with E-state index >= 15 is 0 Å². The van der Waals surface area contributed by atoms with Gasteiger partial charge >= 0.3 is 0 Å². The summed E-state index contributed by atoms with van der Waals surface area (Å²) < 4.78 is 4.68. The van der Waals surface area contributed by atoms with Gasteiger partial charge in [-0.1, -0.05) is 5.98 Å². The molecule has 1 nitrogen and oxygen atoms in total. The van der Waals surface area contributed by atoms with Crippen LogP contribution in [0.25, 0.3) is 0 Å². The molecule has 0 aromatic heterocycles. The van der Waals surface area contributed by atoms with E-state index in [1.165, 1.54) is 12.2 Å². The quantitative estimate of drug-likeness (QED) is 0.351. The fraction of sp³-hybridized carbons (Fsp3) is 0.500. The number of rotatable bonds is 2. The lowest BCUT2D eigenvalue weighted by atomic mass is 10.2. The first-order valence-corrected chi connectivity index (χ1v) is 1.90. The van der Waals surface area contributed by atoms with E-state index in [9.17, 15) is 0 Å². The van der Waals surface area contributed by atoms with Gasteiger partial charge in [-0.3, -0.25) is 0 Å². The number of hydrogen-bond donors (Lipinski definition) is 0. The van der Waals surface area contributed by atoms with Crippen molar-refractivity contribution >= 4 is 7.85 Å². The lowest BCUT2D eigenvalue weighted by Crippen LogP contribution is -1.74. The first kappa shape index (κ1) is 5.60. The SMILES string of the molecule is [B]/C=C\OCC. The van der Waals surface area contributed by atoms with Crippen molar-refractivity contribution in [1.29, 1.82) is 0 Å². The van der Waals surface area contributed by atoms with E-state index in [1.54, 1.807) is 0 Å². The third kappa shape index (κ3) is 3.60. The standard InChI is InChI=1S/C4H7BO/c1-2-6-4-3-5/h3-4H,2H2,1H3/b4-3-. The molecule has 0 unspecified atom stereocenters. The van der Waals surface area contributed by atoms with E-state index in [4.69, 9.17) is 7.85 Å². The van der Waals surface area contributed by atoms with Gasteiger partial charge in [0.25, 0.3) is 0 Å². The van der Waals surface area contributed by atoms with Gasteiger partial charge < -0.3 is 4.74 Å². The van der Waals surface area contributed by atoms with Crippen LogP contribution in [0.5, 0.6) is 0 Å². The Kier molecular flexibility index (Phi) is 4.30. The Hall–Kier alpha value is -0.395. The molecule has 0 amide bonds. The molecule has 0 aliphatic heterocycles. The average molecular weight is 81.9 g/mol. The molecule has 0 aromatic rings. The average Bonchev–Trinajstić information content (AvgIpc) is 1.61. The molecule has 0 aliphatic carbocycles. The van der Waals surface area contributed by atoms with Gasteiger partial charge in [0.05, 0.1) is 12.9 Å². The van der Waals surface area contributed by atoms with E-state index in [-0.39, 0.29) is 0 Å². The highest BCUT2D eigenvalue weighted by Crippen LogP contribution is 1.69. The molecule has 0 aliphatic rings. The highest BCUT2D eigenvalue weighted by molar-refractivity contribution is 6.16. The maximum absolute atomic E-state index is 4.91. The summed E-state index contributed by atoms with van der Waals surface area (Å²) in [6, 6.07) is 0. The summed E-state index contributed by atoms with van der Waals surface area (Å²) in [6.45, 7) is 2.59. The summed E-state index contributed by atoms with van der Waals surface area (Å²) in [5.41, 5.74) is 0. The van der Waals surface area contributed by atoms with E-state index in [2.05, 4.69) is 4.74 Å². The molecular weight excluding hydrogens is 74.9 g/mol. The largest absolute Gasteiger partial charge is 0.503 e. The Balaban J connectivity index is 2.66. The second kappa shape index (κ2) is 4.60. The van der Waals surface area contributed by atoms with Crippen LogP contribution in [0, 0.1) is 0 Å². The van der Waals surface area contributed by atoms with Crippen molar-refractivity contribution < 1.29 is 4.74 Å². The van der Waals surface area contributed by atoms with E-state index in [1.807, 2.05) is 6.92 Å². The van der Waals surface area contributed by atoms with Crippen molar-refractivity contribution in [3.05, 3.63) is 12.2 Å². The van der Waals surface area contributed by atoms with E-state index < -0.39 is 0 Å². The molecule has 0 saturated heterocycles. The third-order valence-electron chi connectivity index (χ3n) is 0.341. The summed E-state index contributed by atoms with van der Waals surface area (Å²) in [6.07, 6.45) is 1.46. The van der Waals surface area contributed by atoms with Gasteiger partial charge in [0, 0.05) is 0 Å². The van der Waals surface area contributed by atoms with Crippen LogP contribution in [0.2, 0.25) is 0 Å². The van der Waals surface area contributed by atoms with E-state index in [0.29, 0.717) is 6.61 Å². The van der Waals surface area contributed by atoms with Crippen LogP contribution < -0.4 is 0 Å². The maximum atomic E-state index is 4.91. The second-order valence-electron chi connectivity index (χ2n) is 0.784. The molecule has 0 rings (SSSR count). The topological polar surface area (TPSA) is 9.23 Å². The van der Waals surface area contributed by atoms with Crippen molar-refractivity contribution in [2.75, 3.05) is 6.61 Å². The van der Waals surface area contributed by atoms with Crippen molar-refractivity contribution in [3.8, 4) is 0 Å². The molecule has 2 radical (unpaired) electrons.